The van der Waals surface area contributed by atoms with Gasteiger partial charge in [-0.15, -0.1) is 0 Å². The fourth-order valence-electron chi connectivity index (χ4n) is 2.63. The molecule has 2 aromatic carbocycles. The Morgan fingerprint density at radius 1 is 0.958 bits per heavy atom. The first kappa shape index (κ1) is 17.7. The van der Waals surface area contributed by atoms with Gasteiger partial charge < -0.3 is 10.2 Å². The van der Waals surface area contributed by atoms with Crippen LogP contribution in [0.25, 0.3) is 0 Å². The molecule has 0 unspecified atom stereocenters. The highest BCUT2D eigenvalue weighted by atomic mass is 16.2. The van der Waals surface area contributed by atoms with E-state index in [2.05, 4.69) is 11.4 Å². The van der Waals surface area contributed by atoms with Crippen LogP contribution in [-0.4, -0.2) is 18.9 Å². The van der Waals surface area contributed by atoms with Gasteiger partial charge in [0, 0.05) is 31.3 Å². The summed E-state index contributed by atoms with van der Waals surface area (Å²) in [6.07, 6.45) is 1.22. The van der Waals surface area contributed by atoms with Crippen LogP contribution >= 0.6 is 0 Å². The topological polar surface area (TPSA) is 49.4 Å². The van der Waals surface area contributed by atoms with Crippen LogP contribution in [0.2, 0.25) is 0 Å². The van der Waals surface area contributed by atoms with Gasteiger partial charge in [-0.05, 0) is 55.7 Å². The summed E-state index contributed by atoms with van der Waals surface area (Å²) in [4.78, 5) is 25.8. The molecule has 0 bridgehead atoms. The lowest BCUT2D eigenvalue weighted by Gasteiger charge is -2.17. The van der Waals surface area contributed by atoms with Crippen LogP contribution in [0.1, 0.15) is 30.4 Å². The largest absolute Gasteiger partial charge is 0.326 e. The smallest absolute Gasteiger partial charge is 0.226 e. The third-order valence-corrected chi connectivity index (χ3v) is 3.82. The van der Waals surface area contributed by atoms with Crippen LogP contribution in [0.3, 0.4) is 0 Å². The van der Waals surface area contributed by atoms with Crippen LogP contribution in [0, 0.1) is 13.8 Å². The molecule has 4 nitrogen and oxygen atoms in total. The summed E-state index contributed by atoms with van der Waals surface area (Å²) < 4.78 is 0. The maximum absolute atomic E-state index is 12.2. The molecule has 0 aliphatic heterocycles. The molecule has 0 fully saturated rings. The minimum Gasteiger partial charge on any atom is -0.326 e. The monoisotopic (exact) mass is 324 g/mol. The normalized spacial score (nSPS) is 10.3. The molecule has 0 aliphatic carbocycles. The van der Waals surface area contributed by atoms with E-state index in [1.807, 2.05) is 56.3 Å². The highest BCUT2D eigenvalue weighted by Crippen LogP contribution is 2.15. The molecule has 0 saturated carbocycles. The van der Waals surface area contributed by atoms with Crippen molar-refractivity contribution in [1.82, 2.24) is 0 Å². The van der Waals surface area contributed by atoms with Crippen molar-refractivity contribution in [1.29, 1.82) is 0 Å². The van der Waals surface area contributed by atoms with Crippen LogP contribution in [-0.2, 0) is 9.59 Å². The van der Waals surface area contributed by atoms with E-state index in [0.29, 0.717) is 19.3 Å². The molecule has 0 saturated heterocycles. The molecular formula is C20H24N2O2. The molecule has 2 aromatic rings. The molecule has 0 aliphatic rings. The number of rotatable bonds is 6. The van der Waals surface area contributed by atoms with Gasteiger partial charge in [-0.3, -0.25) is 9.59 Å². The lowest BCUT2D eigenvalue weighted by Crippen LogP contribution is -2.26. The molecule has 24 heavy (non-hydrogen) atoms. The van der Waals surface area contributed by atoms with Gasteiger partial charge in [-0.25, -0.2) is 0 Å². The van der Waals surface area contributed by atoms with Gasteiger partial charge in [0.25, 0.3) is 0 Å². The summed E-state index contributed by atoms with van der Waals surface area (Å²) in [5.74, 6) is -0.0458. The number of carbonyl (C=O) groups excluding carboxylic acids is 2. The number of amides is 2. The van der Waals surface area contributed by atoms with Crippen LogP contribution in [0.5, 0.6) is 0 Å². The number of nitrogens with zero attached hydrogens (tertiary/aromatic N) is 1. The van der Waals surface area contributed by atoms with Gasteiger partial charge in [-0.1, -0.05) is 24.3 Å². The average molecular weight is 324 g/mol. The van der Waals surface area contributed by atoms with Crippen LogP contribution in [0.4, 0.5) is 11.4 Å². The number of para-hydroxylation sites is 1. The van der Waals surface area contributed by atoms with Crippen molar-refractivity contribution in [3.05, 3.63) is 59.7 Å². The lowest BCUT2D eigenvalue weighted by molar-refractivity contribution is -0.118. The number of hydrogen-bond acceptors (Lipinski definition) is 2. The third-order valence-electron chi connectivity index (χ3n) is 3.82. The molecule has 1 N–H and O–H groups in total. The second kappa shape index (κ2) is 8.29. The first-order valence-electron chi connectivity index (χ1n) is 8.15. The fourth-order valence-corrected chi connectivity index (χ4v) is 2.63. The zero-order valence-electron chi connectivity index (χ0n) is 14.5. The van der Waals surface area contributed by atoms with Gasteiger partial charge in [0.2, 0.25) is 11.8 Å². The summed E-state index contributed by atoms with van der Waals surface area (Å²) in [5, 5.41) is 2.89. The first-order valence-corrected chi connectivity index (χ1v) is 8.15. The minimum absolute atomic E-state index is 0.0143. The Morgan fingerprint density at radius 2 is 1.58 bits per heavy atom. The molecule has 126 valence electrons. The molecule has 0 aromatic heterocycles. The van der Waals surface area contributed by atoms with E-state index in [1.165, 1.54) is 0 Å². The van der Waals surface area contributed by atoms with E-state index in [1.54, 1.807) is 11.9 Å². The Morgan fingerprint density at radius 3 is 2.21 bits per heavy atom. The summed E-state index contributed by atoms with van der Waals surface area (Å²) >= 11 is 0. The van der Waals surface area contributed by atoms with Crippen LogP contribution < -0.4 is 10.2 Å². The SMILES string of the molecule is Cc1cc(C)cc(NC(=O)CCCC(=O)N(C)c2ccccc2)c1. The van der Waals surface area contributed by atoms with Crippen molar-refractivity contribution in [2.24, 2.45) is 0 Å². The molecule has 2 amide bonds. The average Bonchev–Trinajstić information content (AvgIpc) is 2.53. The quantitative estimate of drug-likeness (QED) is 0.870. The predicted molar refractivity (Wildman–Crippen MR) is 98.2 cm³/mol. The first-order chi connectivity index (χ1) is 11.5. The molecule has 4 heteroatoms. The highest BCUT2D eigenvalue weighted by Gasteiger charge is 2.11. The van der Waals surface area contributed by atoms with Crippen molar-refractivity contribution >= 4 is 23.2 Å². The van der Waals surface area contributed by atoms with Gasteiger partial charge in [-0.2, -0.15) is 0 Å². The van der Waals surface area contributed by atoms with E-state index in [0.717, 1.165) is 22.5 Å². The summed E-state index contributed by atoms with van der Waals surface area (Å²) in [6.45, 7) is 4.00. The van der Waals surface area contributed by atoms with E-state index in [-0.39, 0.29) is 11.8 Å². The predicted octanol–water partition coefficient (Wildman–Crippen LogP) is 4.08. The number of hydrogen-bond donors (Lipinski definition) is 1. The highest BCUT2D eigenvalue weighted by molar-refractivity contribution is 5.94. The Labute approximate surface area is 143 Å². The molecule has 2 rings (SSSR count). The second-order valence-corrected chi connectivity index (χ2v) is 6.07. The van der Waals surface area contributed by atoms with Gasteiger partial charge >= 0.3 is 0 Å². The number of carbonyl (C=O) groups is 2. The van der Waals surface area contributed by atoms with Crippen molar-refractivity contribution in [3.8, 4) is 0 Å². The Bertz CT molecular complexity index is 691. The molecule has 0 heterocycles. The molecular weight excluding hydrogens is 300 g/mol. The molecule has 0 spiro atoms. The summed E-state index contributed by atoms with van der Waals surface area (Å²) in [5.41, 5.74) is 3.90. The van der Waals surface area contributed by atoms with Gasteiger partial charge in [0.15, 0.2) is 0 Å². The van der Waals surface area contributed by atoms with E-state index in [4.69, 9.17) is 0 Å². The molecule has 0 atom stereocenters. The van der Waals surface area contributed by atoms with Crippen molar-refractivity contribution in [2.45, 2.75) is 33.1 Å². The number of benzene rings is 2. The zero-order valence-corrected chi connectivity index (χ0v) is 14.5. The van der Waals surface area contributed by atoms with E-state index >= 15 is 0 Å². The second-order valence-electron chi connectivity index (χ2n) is 6.07. The fraction of sp³-hybridized carbons (Fsp3) is 0.300. The van der Waals surface area contributed by atoms with Crippen molar-refractivity contribution < 1.29 is 9.59 Å². The summed E-state index contributed by atoms with van der Waals surface area (Å²) in [6, 6.07) is 15.5. The number of anilines is 2. The van der Waals surface area contributed by atoms with Crippen molar-refractivity contribution in [3.63, 3.8) is 0 Å². The van der Waals surface area contributed by atoms with Gasteiger partial charge in [0.1, 0.15) is 0 Å². The Balaban J connectivity index is 1.79. The maximum atomic E-state index is 12.2. The Kier molecular flexibility index (Phi) is 6.13. The Hall–Kier alpha value is -2.62. The van der Waals surface area contributed by atoms with Gasteiger partial charge in [0.05, 0.1) is 0 Å². The zero-order chi connectivity index (χ0) is 17.5. The molecule has 0 radical (unpaired) electrons. The third kappa shape index (κ3) is 5.23. The van der Waals surface area contributed by atoms with E-state index in [9.17, 15) is 9.59 Å². The number of nitrogens with one attached hydrogen (secondary N) is 1. The van der Waals surface area contributed by atoms with E-state index < -0.39 is 0 Å². The minimum atomic E-state index is -0.0600. The summed E-state index contributed by atoms with van der Waals surface area (Å²) in [7, 11) is 1.76. The van der Waals surface area contributed by atoms with Crippen LogP contribution in [0.15, 0.2) is 48.5 Å². The van der Waals surface area contributed by atoms with Crippen molar-refractivity contribution in [2.75, 3.05) is 17.3 Å². The standard InChI is InChI=1S/C20H24N2O2/c1-15-12-16(2)14-17(13-15)21-19(23)10-7-11-20(24)22(3)18-8-5-4-6-9-18/h4-6,8-9,12-14H,7,10-11H2,1-3H3,(H,21,23). The lowest BCUT2D eigenvalue weighted by atomic mass is 10.1. The maximum Gasteiger partial charge on any atom is 0.226 e. The number of aryl methyl sites for hydroxylation is 2.